The maximum atomic E-state index is 12.6. The number of hydrogen-bond acceptors (Lipinski definition) is 4. The van der Waals surface area contributed by atoms with Gasteiger partial charge in [0.2, 0.25) is 5.91 Å². The molecule has 3 rings (SSSR count). The number of aryl methyl sites for hydroxylation is 1. The minimum absolute atomic E-state index is 0.00418. The monoisotopic (exact) mass is 394 g/mol. The van der Waals surface area contributed by atoms with E-state index in [1.54, 1.807) is 41.2 Å². The smallest absolute Gasteiger partial charge is 0.253 e. The Labute approximate surface area is 171 Å². The molecule has 2 aromatic rings. The summed E-state index contributed by atoms with van der Waals surface area (Å²) < 4.78 is 5.09. The summed E-state index contributed by atoms with van der Waals surface area (Å²) in [5.41, 5.74) is 2.30. The summed E-state index contributed by atoms with van der Waals surface area (Å²) in [7, 11) is 1.57. The largest absolute Gasteiger partial charge is 0.497 e. The lowest BCUT2D eigenvalue weighted by atomic mass is 10.1. The number of carbonyl (C=O) groups excluding carboxylic acids is 3. The maximum absolute atomic E-state index is 12.6. The second kappa shape index (κ2) is 9.37. The molecule has 0 unspecified atom stereocenters. The molecule has 0 spiro atoms. The second-order valence-corrected chi connectivity index (χ2v) is 7.19. The average molecular weight is 394 g/mol. The van der Waals surface area contributed by atoms with Gasteiger partial charge in [0, 0.05) is 50.1 Å². The van der Waals surface area contributed by atoms with Gasteiger partial charge >= 0.3 is 0 Å². The standard InChI is InChI=1S/C23H26N2O4/c1-17-4-3-5-19(16-17)23(28)25-14-12-24(13-15-25)22(27)11-10-21(26)18-6-8-20(29-2)9-7-18/h3-9,16H,10-15H2,1-2H3. The molecule has 152 valence electrons. The van der Waals surface area contributed by atoms with Gasteiger partial charge in [-0.05, 0) is 43.3 Å². The fourth-order valence-electron chi connectivity index (χ4n) is 3.42. The van der Waals surface area contributed by atoms with Crippen LogP contribution in [-0.4, -0.2) is 60.7 Å². The minimum atomic E-state index is -0.0609. The minimum Gasteiger partial charge on any atom is -0.497 e. The van der Waals surface area contributed by atoms with Gasteiger partial charge in [0.05, 0.1) is 7.11 Å². The molecular formula is C23H26N2O4. The lowest BCUT2D eigenvalue weighted by Crippen LogP contribution is -2.50. The summed E-state index contributed by atoms with van der Waals surface area (Å²) in [5.74, 6) is 0.579. The summed E-state index contributed by atoms with van der Waals surface area (Å²) >= 11 is 0. The van der Waals surface area contributed by atoms with Crippen molar-refractivity contribution in [3.05, 3.63) is 65.2 Å². The molecular weight excluding hydrogens is 368 g/mol. The number of ketones is 1. The van der Waals surface area contributed by atoms with E-state index in [-0.39, 0.29) is 30.4 Å². The molecule has 2 aromatic carbocycles. The van der Waals surface area contributed by atoms with Gasteiger partial charge in [-0.25, -0.2) is 0 Å². The zero-order valence-electron chi connectivity index (χ0n) is 16.9. The van der Waals surface area contributed by atoms with Crippen molar-refractivity contribution in [3.63, 3.8) is 0 Å². The van der Waals surface area contributed by atoms with Gasteiger partial charge in [0.1, 0.15) is 5.75 Å². The molecule has 6 nitrogen and oxygen atoms in total. The molecule has 0 atom stereocenters. The summed E-state index contributed by atoms with van der Waals surface area (Å²) in [6.45, 7) is 3.96. The SMILES string of the molecule is COc1ccc(C(=O)CCC(=O)N2CCN(C(=O)c3cccc(C)c3)CC2)cc1. The van der Waals surface area contributed by atoms with E-state index in [1.807, 2.05) is 31.2 Å². The van der Waals surface area contributed by atoms with Crippen molar-refractivity contribution in [1.29, 1.82) is 0 Å². The Kier molecular flexibility index (Phi) is 6.65. The van der Waals surface area contributed by atoms with Crippen molar-refractivity contribution >= 4 is 17.6 Å². The number of rotatable bonds is 6. The van der Waals surface area contributed by atoms with Gasteiger partial charge in [-0.3, -0.25) is 14.4 Å². The van der Waals surface area contributed by atoms with Crippen LogP contribution in [0.3, 0.4) is 0 Å². The topological polar surface area (TPSA) is 66.9 Å². The van der Waals surface area contributed by atoms with Crippen molar-refractivity contribution in [1.82, 2.24) is 9.80 Å². The number of Topliss-reactive ketones (excluding diaryl/α,β-unsaturated/α-hetero) is 1. The fraction of sp³-hybridized carbons (Fsp3) is 0.348. The van der Waals surface area contributed by atoms with Crippen LogP contribution in [0, 0.1) is 6.92 Å². The van der Waals surface area contributed by atoms with E-state index in [0.717, 1.165) is 5.56 Å². The zero-order chi connectivity index (χ0) is 20.8. The molecule has 29 heavy (non-hydrogen) atoms. The van der Waals surface area contributed by atoms with Gasteiger partial charge in [-0.15, -0.1) is 0 Å². The molecule has 1 aliphatic heterocycles. The Balaban J connectivity index is 1.47. The third-order valence-electron chi connectivity index (χ3n) is 5.16. The van der Waals surface area contributed by atoms with E-state index in [9.17, 15) is 14.4 Å². The van der Waals surface area contributed by atoms with Gasteiger partial charge in [0.25, 0.3) is 5.91 Å². The number of ether oxygens (including phenoxy) is 1. The Bertz CT molecular complexity index is 884. The third-order valence-corrected chi connectivity index (χ3v) is 5.16. The Morgan fingerprint density at radius 2 is 1.52 bits per heavy atom. The zero-order valence-corrected chi connectivity index (χ0v) is 16.9. The van der Waals surface area contributed by atoms with Crippen molar-refractivity contribution in [3.8, 4) is 5.75 Å². The molecule has 1 heterocycles. The molecule has 0 radical (unpaired) electrons. The van der Waals surface area contributed by atoms with Crippen LogP contribution in [0.25, 0.3) is 0 Å². The average Bonchev–Trinajstić information content (AvgIpc) is 2.77. The van der Waals surface area contributed by atoms with E-state index in [4.69, 9.17) is 4.74 Å². The fourth-order valence-corrected chi connectivity index (χ4v) is 3.42. The first-order chi connectivity index (χ1) is 14.0. The molecule has 0 bridgehead atoms. The van der Waals surface area contributed by atoms with Crippen LogP contribution in [-0.2, 0) is 4.79 Å². The van der Waals surface area contributed by atoms with Crippen molar-refractivity contribution in [2.24, 2.45) is 0 Å². The van der Waals surface area contributed by atoms with Crippen LogP contribution in [0.2, 0.25) is 0 Å². The Morgan fingerprint density at radius 3 is 2.14 bits per heavy atom. The van der Waals surface area contributed by atoms with Gasteiger partial charge in [0.15, 0.2) is 5.78 Å². The van der Waals surface area contributed by atoms with Crippen molar-refractivity contribution in [2.45, 2.75) is 19.8 Å². The summed E-state index contributed by atoms with van der Waals surface area (Å²) in [6.07, 6.45) is 0.351. The molecule has 0 aliphatic carbocycles. The molecule has 0 aromatic heterocycles. The number of nitrogens with zero attached hydrogens (tertiary/aromatic N) is 2. The highest BCUT2D eigenvalue weighted by Crippen LogP contribution is 2.15. The summed E-state index contributed by atoms with van der Waals surface area (Å²) in [4.78, 5) is 40.9. The molecule has 1 aliphatic rings. The molecule has 1 saturated heterocycles. The van der Waals surface area contributed by atoms with Crippen LogP contribution < -0.4 is 4.74 Å². The highest BCUT2D eigenvalue weighted by Gasteiger charge is 2.25. The Morgan fingerprint density at radius 1 is 0.862 bits per heavy atom. The Hall–Kier alpha value is -3.15. The normalized spacial score (nSPS) is 13.9. The van der Waals surface area contributed by atoms with Crippen LogP contribution in [0.5, 0.6) is 5.75 Å². The number of hydrogen-bond donors (Lipinski definition) is 0. The highest BCUT2D eigenvalue weighted by molar-refractivity contribution is 5.98. The van der Waals surface area contributed by atoms with E-state index >= 15 is 0 Å². The number of amides is 2. The first kappa shape index (κ1) is 20.6. The number of methoxy groups -OCH3 is 1. The van der Waals surface area contributed by atoms with Crippen LogP contribution in [0.15, 0.2) is 48.5 Å². The number of carbonyl (C=O) groups is 3. The molecule has 0 N–H and O–H groups in total. The third kappa shape index (κ3) is 5.22. The first-order valence-corrected chi connectivity index (χ1v) is 9.79. The van der Waals surface area contributed by atoms with E-state index in [2.05, 4.69) is 0 Å². The maximum Gasteiger partial charge on any atom is 0.253 e. The van der Waals surface area contributed by atoms with Crippen LogP contribution >= 0.6 is 0 Å². The molecule has 2 amide bonds. The quantitative estimate of drug-likeness (QED) is 0.707. The first-order valence-electron chi connectivity index (χ1n) is 9.79. The predicted molar refractivity (Wildman–Crippen MR) is 110 cm³/mol. The second-order valence-electron chi connectivity index (χ2n) is 7.19. The number of benzene rings is 2. The number of piperazine rings is 1. The lowest BCUT2D eigenvalue weighted by molar-refractivity contribution is -0.132. The van der Waals surface area contributed by atoms with Gasteiger partial charge in [-0.1, -0.05) is 17.7 Å². The van der Waals surface area contributed by atoms with E-state index < -0.39 is 0 Å². The molecule has 1 fully saturated rings. The molecule has 0 saturated carbocycles. The van der Waals surface area contributed by atoms with Crippen LogP contribution in [0.4, 0.5) is 0 Å². The highest BCUT2D eigenvalue weighted by atomic mass is 16.5. The van der Waals surface area contributed by atoms with Gasteiger partial charge in [-0.2, -0.15) is 0 Å². The predicted octanol–water partition coefficient (Wildman–Crippen LogP) is 2.95. The van der Waals surface area contributed by atoms with Crippen molar-refractivity contribution < 1.29 is 19.1 Å². The van der Waals surface area contributed by atoms with Crippen molar-refractivity contribution in [2.75, 3.05) is 33.3 Å². The van der Waals surface area contributed by atoms with E-state index in [0.29, 0.717) is 43.1 Å². The lowest BCUT2D eigenvalue weighted by Gasteiger charge is -2.35. The van der Waals surface area contributed by atoms with E-state index in [1.165, 1.54) is 0 Å². The van der Waals surface area contributed by atoms with Crippen LogP contribution in [0.1, 0.15) is 39.1 Å². The summed E-state index contributed by atoms with van der Waals surface area (Å²) in [6, 6.07) is 14.4. The molecule has 6 heteroatoms. The summed E-state index contributed by atoms with van der Waals surface area (Å²) in [5, 5.41) is 0. The van der Waals surface area contributed by atoms with Gasteiger partial charge < -0.3 is 14.5 Å².